The molecule has 0 bridgehead atoms. The molecular formula is C13H24N2O2. The van der Waals surface area contributed by atoms with Crippen molar-refractivity contribution in [1.29, 1.82) is 0 Å². The first kappa shape index (κ1) is 12.8. The average Bonchev–Trinajstić information content (AvgIpc) is 2.74. The smallest absolute Gasteiger partial charge is 0.221 e. The van der Waals surface area contributed by atoms with Gasteiger partial charge in [0.2, 0.25) is 5.91 Å². The van der Waals surface area contributed by atoms with Crippen molar-refractivity contribution in [1.82, 2.24) is 10.6 Å². The van der Waals surface area contributed by atoms with Crippen molar-refractivity contribution in [3.05, 3.63) is 0 Å². The fraction of sp³-hybridized carbons (Fsp3) is 0.923. The van der Waals surface area contributed by atoms with Gasteiger partial charge in [0.1, 0.15) is 0 Å². The minimum Gasteiger partial charge on any atom is -0.377 e. The lowest BCUT2D eigenvalue weighted by Gasteiger charge is -2.16. The summed E-state index contributed by atoms with van der Waals surface area (Å²) in [7, 11) is 0. The molecule has 1 unspecified atom stereocenters. The van der Waals surface area contributed by atoms with Gasteiger partial charge in [-0.25, -0.2) is 0 Å². The Morgan fingerprint density at radius 2 is 2.06 bits per heavy atom. The van der Waals surface area contributed by atoms with Crippen LogP contribution < -0.4 is 10.6 Å². The maximum Gasteiger partial charge on any atom is 0.221 e. The molecule has 4 nitrogen and oxygen atoms in total. The van der Waals surface area contributed by atoms with Crippen molar-refractivity contribution in [2.75, 3.05) is 19.7 Å². The molecular weight excluding hydrogens is 216 g/mol. The van der Waals surface area contributed by atoms with Gasteiger partial charge in [-0.05, 0) is 25.7 Å². The van der Waals surface area contributed by atoms with E-state index < -0.39 is 0 Å². The van der Waals surface area contributed by atoms with Crippen LogP contribution in [0.25, 0.3) is 0 Å². The first-order valence-electron chi connectivity index (χ1n) is 6.96. The lowest BCUT2D eigenvalue weighted by Crippen LogP contribution is -2.35. The normalized spacial score (nSPS) is 26.8. The lowest BCUT2D eigenvalue weighted by atomic mass is 10.1. The second kappa shape index (κ2) is 6.97. The molecule has 2 N–H and O–H groups in total. The van der Waals surface area contributed by atoms with E-state index in [0.717, 1.165) is 32.5 Å². The van der Waals surface area contributed by atoms with Gasteiger partial charge in [0.25, 0.3) is 0 Å². The van der Waals surface area contributed by atoms with Crippen molar-refractivity contribution in [2.45, 2.75) is 57.1 Å². The highest BCUT2D eigenvalue weighted by molar-refractivity contribution is 5.76. The maximum atomic E-state index is 11.4. The van der Waals surface area contributed by atoms with Crippen LogP contribution in [0.15, 0.2) is 0 Å². The van der Waals surface area contributed by atoms with Crippen molar-refractivity contribution in [3.8, 4) is 0 Å². The Kier molecular flexibility index (Phi) is 5.26. The molecule has 98 valence electrons. The van der Waals surface area contributed by atoms with Gasteiger partial charge in [-0.15, -0.1) is 0 Å². The van der Waals surface area contributed by atoms with Crippen LogP contribution in [0, 0.1) is 0 Å². The zero-order valence-electron chi connectivity index (χ0n) is 10.5. The largest absolute Gasteiger partial charge is 0.377 e. The van der Waals surface area contributed by atoms with E-state index in [0.29, 0.717) is 18.6 Å². The highest BCUT2D eigenvalue weighted by Gasteiger charge is 2.17. The van der Waals surface area contributed by atoms with Crippen molar-refractivity contribution < 1.29 is 9.53 Å². The van der Waals surface area contributed by atoms with Gasteiger partial charge in [-0.2, -0.15) is 0 Å². The van der Waals surface area contributed by atoms with Gasteiger partial charge in [0, 0.05) is 25.6 Å². The number of nitrogens with one attached hydrogen (secondary N) is 2. The monoisotopic (exact) mass is 240 g/mol. The molecule has 1 aliphatic heterocycles. The van der Waals surface area contributed by atoms with Gasteiger partial charge >= 0.3 is 0 Å². The molecule has 2 rings (SSSR count). The Labute approximate surface area is 103 Å². The van der Waals surface area contributed by atoms with Crippen molar-refractivity contribution >= 4 is 5.91 Å². The summed E-state index contributed by atoms with van der Waals surface area (Å²) in [6.45, 7) is 2.48. The molecule has 2 aliphatic rings. The molecule has 0 aromatic carbocycles. The van der Waals surface area contributed by atoms with Crippen LogP contribution in [0.4, 0.5) is 0 Å². The molecule has 1 atom stereocenters. The summed E-state index contributed by atoms with van der Waals surface area (Å²) in [6, 6.07) is 0.338. The van der Waals surface area contributed by atoms with E-state index in [1.807, 2.05) is 0 Å². The quantitative estimate of drug-likeness (QED) is 0.710. The number of carbonyl (C=O) groups excluding carboxylic acids is 1. The standard InChI is InChI=1S/C13H24N2O2/c16-13-10-11(4-3-7-15-13)14-8-9-17-12-5-1-2-6-12/h11-12,14H,1-10H2,(H,15,16). The Balaban J connectivity index is 1.55. The molecule has 4 heteroatoms. The topological polar surface area (TPSA) is 50.4 Å². The van der Waals surface area contributed by atoms with Gasteiger partial charge in [0.15, 0.2) is 0 Å². The minimum absolute atomic E-state index is 0.178. The first-order valence-corrected chi connectivity index (χ1v) is 6.96. The van der Waals surface area contributed by atoms with Crippen LogP contribution in [0.3, 0.4) is 0 Å². The molecule has 0 aromatic rings. The van der Waals surface area contributed by atoms with Crippen LogP contribution in [0.2, 0.25) is 0 Å². The Bertz CT molecular complexity index is 240. The van der Waals surface area contributed by atoms with Crippen molar-refractivity contribution in [2.24, 2.45) is 0 Å². The fourth-order valence-corrected chi connectivity index (χ4v) is 2.69. The molecule has 1 aliphatic carbocycles. The van der Waals surface area contributed by atoms with E-state index in [1.165, 1.54) is 25.7 Å². The fourth-order valence-electron chi connectivity index (χ4n) is 2.69. The zero-order valence-corrected chi connectivity index (χ0v) is 10.5. The van der Waals surface area contributed by atoms with Gasteiger partial charge in [0.05, 0.1) is 12.7 Å². The van der Waals surface area contributed by atoms with E-state index in [4.69, 9.17) is 4.74 Å². The molecule has 0 aromatic heterocycles. The SMILES string of the molecule is O=C1CC(NCCOC2CCCC2)CCCN1. The predicted molar refractivity (Wildman–Crippen MR) is 66.9 cm³/mol. The first-order chi connectivity index (χ1) is 8.34. The molecule has 1 saturated heterocycles. The summed E-state index contributed by atoms with van der Waals surface area (Å²) in [5, 5.41) is 6.33. The summed E-state index contributed by atoms with van der Waals surface area (Å²) >= 11 is 0. The van der Waals surface area contributed by atoms with E-state index >= 15 is 0 Å². The van der Waals surface area contributed by atoms with E-state index in [2.05, 4.69) is 10.6 Å². The highest BCUT2D eigenvalue weighted by atomic mass is 16.5. The number of rotatable bonds is 5. The second-order valence-corrected chi connectivity index (χ2v) is 5.12. The zero-order chi connectivity index (χ0) is 11.9. The summed E-state index contributed by atoms with van der Waals surface area (Å²) in [6.07, 6.45) is 8.37. The Morgan fingerprint density at radius 1 is 1.24 bits per heavy atom. The highest BCUT2D eigenvalue weighted by Crippen LogP contribution is 2.20. The number of hydrogen-bond donors (Lipinski definition) is 2. The van der Waals surface area contributed by atoms with Crippen molar-refractivity contribution in [3.63, 3.8) is 0 Å². The predicted octanol–water partition coefficient (Wildman–Crippen LogP) is 1.20. The summed E-state index contributed by atoms with van der Waals surface area (Å²) in [4.78, 5) is 11.4. The second-order valence-electron chi connectivity index (χ2n) is 5.12. The molecule has 1 saturated carbocycles. The Hall–Kier alpha value is -0.610. The average molecular weight is 240 g/mol. The van der Waals surface area contributed by atoms with Gasteiger partial charge in [-0.3, -0.25) is 4.79 Å². The van der Waals surface area contributed by atoms with E-state index in [1.54, 1.807) is 0 Å². The molecule has 0 radical (unpaired) electrons. The third-order valence-corrected chi connectivity index (χ3v) is 3.67. The number of carbonyl (C=O) groups is 1. The molecule has 2 fully saturated rings. The number of ether oxygens (including phenoxy) is 1. The third-order valence-electron chi connectivity index (χ3n) is 3.67. The minimum atomic E-state index is 0.178. The lowest BCUT2D eigenvalue weighted by molar-refractivity contribution is -0.121. The number of amides is 1. The summed E-state index contributed by atoms with van der Waals surface area (Å²) < 4.78 is 5.79. The van der Waals surface area contributed by atoms with Crippen LogP contribution in [0.5, 0.6) is 0 Å². The van der Waals surface area contributed by atoms with E-state index in [9.17, 15) is 4.79 Å². The van der Waals surface area contributed by atoms with E-state index in [-0.39, 0.29) is 5.91 Å². The molecule has 17 heavy (non-hydrogen) atoms. The van der Waals surface area contributed by atoms with Gasteiger partial charge in [-0.1, -0.05) is 12.8 Å². The summed E-state index contributed by atoms with van der Waals surface area (Å²) in [5.74, 6) is 0.178. The van der Waals surface area contributed by atoms with Crippen LogP contribution >= 0.6 is 0 Å². The summed E-state index contributed by atoms with van der Waals surface area (Å²) in [5.41, 5.74) is 0. The third kappa shape index (κ3) is 4.64. The molecule has 1 heterocycles. The number of hydrogen-bond acceptors (Lipinski definition) is 3. The maximum absolute atomic E-state index is 11.4. The van der Waals surface area contributed by atoms with Crippen LogP contribution in [0.1, 0.15) is 44.9 Å². The Morgan fingerprint density at radius 3 is 2.88 bits per heavy atom. The van der Waals surface area contributed by atoms with Crippen LogP contribution in [-0.2, 0) is 9.53 Å². The molecule has 1 amide bonds. The molecule has 0 spiro atoms. The van der Waals surface area contributed by atoms with Gasteiger partial charge < -0.3 is 15.4 Å². The van der Waals surface area contributed by atoms with Crippen LogP contribution in [-0.4, -0.2) is 37.7 Å².